The largest absolute Gasteiger partial charge is 0.368 e. The van der Waals surface area contributed by atoms with Crippen LogP contribution in [0.4, 0.5) is 0 Å². The van der Waals surface area contributed by atoms with Gasteiger partial charge in [-0.15, -0.1) is 0 Å². The van der Waals surface area contributed by atoms with Gasteiger partial charge in [-0.25, -0.2) is 0 Å². The van der Waals surface area contributed by atoms with Crippen molar-refractivity contribution in [3.8, 4) is 0 Å². The van der Waals surface area contributed by atoms with Gasteiger partial charge in [-0.2, -0.15) is 0 Å². The Balaban J connectivity index is 2.43. The highest BCUT2D eigenvalue weighted by molar-refractivity contribution is 4.78. The van der Waals surface area contributed by atoms with Gasteiger partial charge in [0.05, 0.1) is 6.10 Å². The van der Waals surface area contributed by atoms with Gasteiger partial charge in [0.2, 0.25) is 0 Å². The van der Waals surface area contributed by atoms with E-state index in [1.165, 1.54) is 83.5 Å². The highest BCUT2D eigenvalue weighted by Crippen LogP contribution is 2.33. The van der Waals surface area contributed by atoms with Gasteiger partial charge in [0.1, 0.15) is 0 Å². The van der Waals surface area contributed by atoms with Crippen molar-refractivity contribution in [1.82, 2.24) is 0 Å². The van der Waals surface area contributed by atoms with Crippen LogP contribution in [0.25, 0.3) is 0 Å². The fourth-order valence-corrected chi connectivity index (χ4v) is 4.19. The average Bonchev–Trinajstić information content (AvgIpc) is 2.66. The first-order chi connectivity index (χ1) is 13.2. The molecule has 1 heterocycles. The van der Waals surface area contributed by atoms with E-state index in [-0.39, 0.29) is 18.3 Å². The number of hydrogen-bond donors (Lipinski definition) is 1. The Morgan fingerprint density at radius 2 is 1.04 bits per heavy atom. The number of aliphatic hydroxyl groups is 1. The maximum absolute atomic E-state index is 10.6. The maximum Gasteiger partial charge on any atom is 0.162 e. The molecular weight excluding hydrogens is 336 g/mol. The normalized spacial score (nSPS) is 25.8. The topological polar surface area (TPSA) is 38.7 Å². The fourth-order valence-electron chi connectivity index (χ4n) is 4.19. The van der Waals surface area contributed by atoms with Crippen molar-refractivity contribution in [3.05, 3.63) is 0 Å². The molecule has 3 heteroatoms. The molecule has 27 heavy (non-hydrogen) atoms. The number of aliphatic hydroxyl groups excluding tert-OH is 1. The zero-order chi connectivity index (χ0) is 19.7. The third-order valence-electron chi connectivity index (χ3n) is 5.99. The highest BCUT2D eigenvalue weighted by atomic mass is 16.7. The van der Waals surface area contributed by atoms with Crippen LogP contribution in [-0.2, 0) is 9.47 Å². The monoisotopic (exact) mass is 384 g/mol. The Hall–Kier alpha value is -0.120. The maximum atomic E-state index is 10.6. The van der Waals surface area contributed by atoms with Crippen molar-refractivity contribution in [2.75, 3.05) is 0 Å². The molecule has 0 bridgehead atoms. The first-order valence-corrected chi connectivity index (χ1v) is 12.2. The van der Waals surface area contributed by atoms with Gasteiger partial charge in [-0.1, -0.05) is 104 Å². The second-order valence-electron chi connectivity index (χ2n) is 8.55. The molecule has 0 aliphatic carbocycles. The highest BCUT2D eigenvalue weighted by Gasteiger charge is 2.37. The molecule has 1 aliphatic rings. The molecule has 1 fully saturated rings. The summed E-state index contributed by atoms with van der Waals surface area (Å²) in [5.41, 5.74) is 0. The lowest BCUT2D eigenvalue weighted by atomic mass is 9.90. The lowest BCUT2D eigenvalue weighted by Crippen LogP contribution is -2.46. The summed E-state index contributed by atoms with van der Waals surface area (Å²) in [7, 11) is 0. The van der Waals surface area contributed by atoms with E-state index in [1.54, 1.807) is 0 Å². The molecule has 4 atom stereocenters. The molecule has 4 unspecified atom stereocenters. The minimum absolute atomic E-state index is 0.157. The van der Waals surface area contributed by atoms with Gasteiger partial charge in [0.15, 0.2) is 12.6 Å². The van der Waals surface area contributed by atoms with Gasteiger partial charge < -0.3 is 14.6 Å². The molecule has 3 nitrogen and oxygen atoms in total. The second-order valence-corrected chi connectivity index (χ2v) is 8.55. The predicted molar refractivity (Wildman–Crippen MR) is 115 cm³/mol. The number of unbranched alkanes of at least 4 members (excludes halogenated alkanes) is 11. The molecule has 0 amide bonds. The molecule has 0 radical (unpaired) electrons. The molecule has 0 aromatic rings. The Morgan fingerprint density at radius 1 is 0.556 bits per heavy atom. The first-order valence-electron chi connectivity index (χ1n) is 12.2. The Bertz CT molecular complexity index is 321. The average molecular weight is 385 g/mol. The molecule has 1 rings (SSSR count). The lowest BCUT2D eigenvalue weighted by Gasteiger charge is -2.40. The standard InChI is InChI=1S/C24H48O3/c1-4-7-10-13-16-19-22-21(18-15-12-9-6-3)24(25)27-23(26-22)20-17-14-11-8-5-2/h21-25H,4-20H2,1-3H3. The first kappa shape index (κ1) is 24.9. The minimum atomic E-state index is -0.637. The van der Waals surface area contributed by atoms with Crippen LogP contribution in [0, 0.1) is 5.92 Å². The number of rotatable bonds is 17. The third kappa shape index (κ3) is 11.5. The van der Waals surface area contributed by atoms with Crippen LogP contribution in [0.1, 0.15) is 130 Å². The van der Waals surface area contributed by atoms with Crippen molar-refractivity contribution < 1.29 is 14.6 Å². The van der Waals surface area contributed by atoms with E-state index in [0.717, 1.165) is 25.7 Å². The van der Waals surface area contributed by atoms with E-state index in [1.807, 2.05) is 0 Å². The smallest absolute Gasteiger partial charge is 0.162 e. The molecule has 0 spiro atoms. The summed E-state index contributed by atoms with van der Waals surface area (Å²) >= 11 is 0. The summed E-state index contributed by atoms with van der Waals surface area (Å²) in [6, 6.07) is 0. The quantitative estimate of drug-likeness (QED) is 0.266. The van der Waals surface area contributed by atoms with Crippen LogP contribution in [0.15, 0.2) is 0 Å². The van der Waals surface area contributed by atoms with E-state index < -0.39 is 6.29 Å². The molecule has 1 saturated heterocycles. The van der Waals surface area contributed by atoms with Gasteiger partial charge in [-0.3, -0.25) is 0 Å². The van der Waals surface area contributed by atoms with Crippen molar-refractivity contribution >= 4 is 0 Å². The van der Waals surface area contributed by atoms with E-state index in [2.05, 4.69) is 20.8 Å². The van der Waals surface area contributed by atoms with Crippen LogP contribution in [-0.4, -0.2) is 23.8 Å². The lowest BCUT2D eigenvalue weighted by molar-refractivity contribution is -0.324. The molecule has 1 N–H and O–H groups in total. The molecule has 0 aromatic heterocycles. The summed E-state index contributed by atoms with van der Waals surface area (Å²) in [5.74, 6) is 0.157. The predicted octanol–water partition coefficient (Wildman–Crippen LogP) is 7.35. The van der Waals surface area contributed by atoms with Crippen molar-refractivity contribution in [3.63, 3.8) is 0 Å². The molecule has 0 saturated carbocycles. The Morgan fingerprint density at radius 3 is 1.63 bits per heavy atom. The van der Waals surface area contributed by atoms with Gasteiger partial charge >= 0.3 is 0 Å². The third-order valence-corrected chi connectivity index (χ3v) is 5.99. The van der Waals surface area contributed by atoms with Crippen LogP contribution in [0.2, 0.25) is 0 Å². The Kier molecular flexibility index (Phi) is 15.5. The second kappa shape index (κ2) is 16.8. The van der Waals surface area contributed by atoms with Crippen LogP contribution in [0.3, 0.4) is 0 Å². The molecular formula is C24H48O3. The van der Waals surface area contributed by atoms with Gasteiger partial charge in [-0.05, 0) is 25.7 Å². The number of ether oxygens (including phenoxy) is 2. The van der Waals surface area contributed by atoms with Crippen molar-refractivity contribution in [2.45, 2.75) is 149 Å². The fraction of sp³-hybridized carbons (Fsp3) is 1.00. The zero-order valence-electron chi connectivity index (χ0n) is 18.6. The van der Waals surface area contributed by atoms with E-state index in [0.29, 0.717) is 0 Å². The SMILES string of the molecule is CCCCCCCC1OC(O)C(CCCCCC)C(CCCCCCC)O1. The summed E-state index contributed by atoms with van der Waals surface area (Å²) in [6.07, 6.45) is 20.1. The summed E-state index contributed by atoms with van der Waals surface area (Å²) in [4.78, 5) is 0. The molecule has 0 aromatic carbocycles. The number of hydrogen-bond acceptors (Lipinski definition) is 3. The van der Waals surface area contributed by atoms with E-state index >= 15 is 0 Å². The van der Waals surface area contributed by atoms with Crippen molar-refractivity contribution in [1.29, 1.82) is 0 Å². The van der Waals surface area contributed by atoms with Crippen LogP contribution in [0.5, 0.6) is 0 Å². The summed E-state index contributed by atoms with van der Waals surface area (Å²) < 4.78 is 12.2. The van der Waals surface area contributed by atoms with Crippen LogP contribution < -0.4 is 0 Å². The van der Waals surface area contributed by atoms with Crippen LogP contribution >= 0.6 is 0 Å². The van der Waals surface area contributed by atoms with E-state index in [4.69, 9.17) is 9.47 Å². The van der Waals surface area contributed by atoms with Gasteiger partial charge in [0.25, 0.3) is 0 Å². The van der Waals surface area contributed by atoms with E-state index in [9.17, 15) is 5.11 Å². The molecule has 1 aliphatic heterocycles. The minimum Gasteiger partial charge on any atom is -0.368 e. The molecule has 162 valence electrons. The summed E-state index contributed by atoms with van der Waals surface area (Å²) in [5, 5.41) is 10.6. The summed E-state index contributed by atoms with van der Waals surface area (Å²) in [6.45, 7) is 6.75. The Labute approximate surface area is 169 Å². The zero-order valence-corrected chi connectivity index (χ0v) is 18.6. The van der Waals surface area contributed by atoms with Gasteiger partial charge in [0, 0.05) is 5.92 Å². The van der Waals surface area contributed by atoms with Crippen molar-refractivity contribution in [2.24, 2.45) is 5.92 Å².